The monoisotopic (exact) mass is 357 g/mol. The summed E-state index contributed by atoms with van der Waals surface area (Å²) in [4.78, 5) is 24.7. The number of nitrogens with one attached hydrogen (secondary N) is 1. The molecule has 0 fully saturated rings. The minimum atomic E-state index is -0.959. The predicted molar refractivity (Wildman–Crippen MR) is 99.0 cm³/mol. The molecule has 0 unspecified atom stereocenters. The standard InChI is InChI=1S/C20H23NO5/c1-12-7-6-8-18(13(12)2)21-19(22)14(3)26-20(23)15-9-16(24-4)11-17(10-15)25-5/h6-11,14H,1-5H3,(H,21,22)/t14-/m0/s1. The Kier molecular flexibility index (Phi) is 6.22. The number of aryl methyl sites for hydroxylation is 1. The molecule has 2 aromatic rings. The van der Waals surface area contributed by atoms with Gasteiger partial charge in [0, 0.05) is 11.8 Å². The average Bonchev–Trinajstić information content (AvgIpc) is 2.64. The van der Waals surface area contributed by atoms with Gasteiger partial charge in [0.25, 0.3) is 5.91 Å². The number of methoxy groups -OCH3 is 2. The predicted octanol–water partition coefficient (Wildman–Crippen LogP) is 3.50. The molecule has 1 N–H and O–H groups in total. The highest BCUT2D eigenvalue weighted by Crippen LogP contribution is 2.23. The number of carbonyl (C=O) groups is 2. The van der Waals surface area contributed by atoms with Crippen molar-refractivity contribution in [1.29, 1.82) is 0 Å². The van der Waals surface area contributed by atoms with Crippen molar-refractivity contribution in [2.24, 2.45) is 0 Å². The first kappa shape index (κ1) is 19.3. The van der Waals surface area contributed by atoms with E-state index in [1.807, 2.05) is 32.0 Å². The van der Waals surface area contributed by atoms with E-state index in [1.165, 1.54) is 33.3 Å². The fourth-order valence-electron chi connectivity index (χ4n) is 2.33. The average molecular weight is 357 g/mol. The Morgan fingerprint density at radius 1 is 1.00 bits per heavy atom. The molecule has 26 heavy (non-hydrogen) atoms. The second kappa shape index (κ2) is 8.38. The van der Waals surface area contributed by atoms with E-state index in [0.29, 0.717) is 17.2 Å². The molecule has 0 saturated carbocycles. The molecule has 1 atom stereocenters. The van der Waals surface area contributed by atoms with Gasteiger partial charge in [-0.25, -0.2) is 4.79 Å². The van der Waals surface area contributed by atoms with Gasteiger partial charge in [0.15, 0.2) is 6.10 Å². The number of hydrogen-bond acceptors (Lipinski definition) is 5. The van der Waals surface area contributed by atoms with Gasteiger partial charge in [0.2, 0.25) is 0 Å². The normalized spacial score (nSPS) is 11.4. The van der Waals surface area contributed by atoms with Gasteiger partial charge >= 0.3 is 5.97 Å². The van der Waals surface area contributed by atoms with Crippen molar-refractivity contribution in [3.05, 3.63) is 53.1 Å². The third-order valence-electron chi connectivity index (χ3n) is 4.10. The SMILES string of the molecule is COc1cc(OC)cc(C(=O)O[C@@H](C)C(=O)Nc2cccc(C)c2C)c1. The molecule has 0 aromatic heterocycles. The van der Waals surface area contributed by atoms with E-state index < -0.39 is 18.0 Å². The number of ether oxygens (including phenoxy) is 3. The highest BCUT2D eigenvalue weighted by Gasteiger charge is 2.20. The molecule has 6 heteroatoms. The quantitative estimate of drug-likeness (QED) is 0.801. The minimum absolute atomic E-state index is 0.243. The number of amides is 1. The number of hydrogen-bond donors (Lipinski definition) is 1. The summed E-state index contributed by atoms with van der Waals surface area (Å²) in [6.07, 6.45) is -0.959. The van der Waals surface area contributed by atoms with Crippen LogP contribution in [0, 0.1) is 13.8 Å². The third kappa shape index (κ3) is 4.53. The summed E-state index contributed by atoms with van der Waals surface area (Å²) in [6, 6.07) is 10.3. The first-order valence-corrected chi connectivity index (χ1v) is 8.16. The van der Waals surface area contributed by atoms with E-state index in [1.54, 1.807) is 6.07 Å². The maximum absolute atomic E-state index is 12.4. The van der Waals surface area contributed by atoms with Gasteiger partial charge in [0.1, 0.15) is 11.5 Å². The van der Waals surface area contributed by atoms with Gasteiger partial charge in [-0.05, 0) is 50.1 Å². The zero-order chi connectivity index (χ0) is 19.3. The van der Waals surface area contributed by atoms with Crippen LogP contribution in [0.15, 0.2) is 36.4 Å². The second-order valence-electron chi connectivity index (χ2n) is 5.89. The summed E-state index contributed by atoms with van der Waals surface area (Å²) < 4.78 is 15.5. The van der Waals surface area contributed by atoms with Gasteiger partial charge in [-0.1, -0.05) is 12.1 Å². The lowest BCUT2D eigenvalue weighted by atomic mass is 10.1. The minimum Gasteiger partial charge on any atom is -0.497 e. The Morgan fingerprint density at radius 2 is 1.62 bits per heavy atom. The first-order chi connectivity index (χ1) is 12.3. The molecular formula is C20H23NO5. The molecule has 6 nitrogen and oxygen atoms in total. The van der Waals surface area contributed by atoms with Crippen LogP contribution in [0.2, 0.25) is 0 Å². The van der Waals surface area contributed by atoms with Gasteiger partial charge in [-0.15, -0.1) is 0 Å². The second-order valence-corrected chi connectivity index (χ2v) is 5.89. The van der Waals surface area contributed by atoms with Gasteiger partial charge in [0.05, 0.1) is 19.8 Å². The highest BCUT2D eigenvalue weighted by atomic mass is 16.5. The Morgan fingerprint density at radius 3 is 2.19 bits per heavy atom. The first-order valence-electron chi connectivity index (χ1n) is 8.16. The van der Waals surface area contributed by atoms with E-state index >= 15 is 0 Å². The smallest absolute Gasteiger partial charge is 0.339 e. The van der Waals surface area contributed by atoms with Crippen LogP contribution < -0.4 is 14.8 Å². The third-order valence-corrected chi connectivity index (χ3v) is 4.10. The molecule has 138 valence electrons. The topological polar surface area (TPSA) is 73.9 Å². The summed E-state index contributed by atoms with van der Waals surface area (Å²) in [5.74, 6) is -0.111. The lowest BCUT2D eigenvalue weighted by Gasteiger charge is -2.16. The zero-order valence-electron chi connectivity index (χ0n) is 15.6. The number of anilines is 1. The molecule has 1 amide bonds. The molecule has 0 heterocycles. The molecule has 2 rings (SSSR count). The van der Waals surface area contributed by atoms with Crippen LogP contribution in [0.25, 0.3) is 0 Å². The number of carbonyl (C=O) groups excluding carboxylic acids is 2. The van der Waals surface area contributed by atoms with Crippen LogP contribution in [0.4, 0.5) is 5.69 Å². The summed E-state index contributed by atoms with van der Waals surface area (Å²) in [5, 5.41) is 2.79. The van der Waals surface area contributed by atoms with Crippen molar-refractivity contribution in [3.63, 3.8) is 0 Å². The Labute approximate surface area is 153 Å². The van der Waals surface area contributed by atoms with Crippen LogP contribution in [0.1, 0.15) is 28.4 Å². The van der Waals surface area contributed by atoms with Crippen LogP contribution in [-0.4, -0.2) is 32.2 Å². The number of benzene rings is 2. The van der Waals surface area contributed by atoms with Crippen molar-refractivity contribution in [3.8, 4) is 11.5 Å². The maximum atomic E-state index is 12.4. The molecule has 0 aliphatic rings. The van der Waals surface area contributed by atoms with E-state index in [-0.39, 0.29) is 5.56 Å². The number of rotatable bonds is 6. The van der Waals surface area contributed by atoms with Crippen molar-refractivity contribution < 1.29 is 23.8 Å². The van der Waals surface area contributed by atoms with Crippen molar-refractivity contribution >= 4 is 17.6 Å². The molecule has 0 saturated heterocycles. The van der Waals surface area contributed by atoms with Crippen LogP contribution in [0.5, 0.6) is 11.5 Å². The largest absolute Gasteiger partial charge is 0.497 e. The molecule has 2 aromatic carbocycles. The Balaban J connectivity index is 2.09. The summed E-state index contributed by atoms with van der Waals surface area (Å²) in [7, 11) is 2.98. The summed E-state index contributed by atoms with van der Waals surface area (Å²) in [6.45, 7) is 5.41. The highest BCUT2D eigenvalue weighted by molar-refractivity contribution is 5.98. The molecule has 0 spiro atoms. The zero-order valence-corrected chi connectivity index (χ0v) is 15.6. The molecule has 0 aliphatic carbocycles. The van der Waals surface area contributed by atoms with Gasteiger partial charge < -0.3 is 19.5 Å². The van der Waals surface area contributed by atoms with Gasteiger partial charge in [-0.2, -0.15) is 0 Å². The van der Waals surface area contributed by atoms with Gasteiger partial charge in [-0.3, -0.25) is 4.79 Å². The molecular weight excluding hydrogens is 334 g/mol. The Hall–Kier alpha value is -3.02. The van der Waals surface area contributed by atoms with E-state index in [2.05, 4.69) is 5.32 Å². The maximum Gasteiger partial charge on any atom is 0.339 e. The lowest BCUT2D eigenvalue weighted by molar-refractivity contribution is -0.123. The van der Waals surface area contributed by atoms with Crippen LogP contribution >= 0.6 is 0 Å². The van der Waals surface area contributed by atoms with Crippen LogP contribution in [-0.2, 0) is 9.53 Å². The molecule has 0 radical (unpaired) electrons. The van der Waals surface area contributed by atoms with Crippen LogP contribution in [0.3, 0.4) is 0 Å². The van der Waals surface area contributed by atoms with Crippen molar-refractivity contribution in [2.75, 3.05) is 19.5 Å². The number of esters is 1. The lowest BCUT2D eigenvalue weighted by Crippen LogP contribution is -2.30. The Bertz CT molecular complexity index is 794. The van der Waals surface area contributed by atoms with E-state index in [0.717, 1.165) is 11.1 Å². The fourth-order valence-corrected chi connectivity index (χ4v) is 2.33. The molecule has 0 aliphatic heterocycles. The summed E-state index contributed by atoms with van der Waals surface area (Å²) in [5.41, 5.74) is 2.97. The van der Waals surface area contributed by atoms with Crippen molar-refractivity contribution in [1.82, 2.24) is 0 Å². The fraction of sp³-hybridized carbons (Fsp3) is 0.300. The van der Waals surface area contributed by atoms with Crippen molar-refractivity contribution in [2.45, 2.75) is 26.9 Å². The van der Waals surface area contributed by atoms with E-state index in [4.69, 9.17) is 14.2 Å². The van der Waals surface area contributed by atoms with E-state index in [9.17, 15) is 9.59 Å². The summed E-state index contributed by atoms with van der Waals surface area (Å²) >= 11 is 0. The molecule has 0 bridgehead atoms.